The minimum Gasteiger partial charge on any atom is -0.349 e. The Morgan fingerprint density at radius 1 is 1.10 bits per heavy atom. The number of carbonyl (C=O) groups excluding carboxylic acids is 1. The summed E-state index contributed by atoms with van der Waals surface area (Å²) in [5.74, 6) is -0.203. The Kier molecular flexibility index (Phi) is 7.49. The molecule has 0 radical (unpaired) electrons. The lowest BCUT2D eigenvalue weighted by Gasteiger charge is -2.31. The van der Waals surface area contributed by atoms with Gasteiger partial charge in [0.1, 0.15) is 0 Å². The molecule has 6 nitrogen and oxygen atoms in total. The fraction of sp³-hybridized carbons (Fsp3) is 0.591. The first kappa shape index (κ1) is 22.0. The highest BCUT2D eigenvalue weighted by atomic mass is 32.2. The van der Waals surface area contributed by atoms with Crippen molar-refractivity contribution >= 4 is 15.9 Å². The van der Waals surface area contributed by atoms with Gasteiger partial charge in [-0.05, 0) is 57.7 Å². The molecule has 1 aromatic carbocycles. The zero-order chi connectivity index (χ0) is 20.9. The van der Waals surface area contributed by atoms with Crippen molar-refractivity contribution in [3.63, 3.8) is 0 Å². The number of nitrogens with one attached hydrogen (secondary N) is 2. The second kappa shape index (κ2) is 9.87. The van der Waals surface area contributed by atoms with Gasteiger partial charge in [-0.25, -0.2) is 13.1 Å². The quantitative estimate of drug-likeness (QED) is 0.666. The van der Waals surface area contributed by atoms with Crippen molar-refractivity contribution in [1.29, 1.82) is 0 Å². The summed E-state index contributed by atoms with van der Waals surface area (Å²) in [5, 5.41) is 3.08. The van der Waals surface area contributed by atoms with Crippen LogP contribution in [0.3, 0.4) is 0 Å². The molecule has 2 aliphatic rings. The van der Waals surface area contributed by atoms with Crippen molar-refractivity contribution in [3.05, 3.63) is 41.5 Å². The molecule has 2 fully saturated rings. The average Bonchev–Trinajstić information content (AvgIpc) is 3.20. The van der Waals surface area contributed by atoms with Gasteiger partial charge in [0.15, 0.2) is 0 Å². The normalized spacial score (nSPS) is 19.2. The lowest BCUT2D eigenvalue weighted by atomic mass is 10.0. The smallest absolute Gasteiger partial charge is 0.251 e. The first-order chi connectivity index (χ1) is 13.8. The number of carbonyl (C=O) groups is 1. The molecule has 1 saturated carbocycles. The summed E-state index contributed by atoms with van der Waals surface area (Å²) in [6.45, 7) is 7.06. The summed E-state index contributed by atoms with van der Waals surface area (Å²) < 4.78 is 28.1. The molecule has 1 heterocycles. The molecule has 0 aromatic heterocycles. The summed E-state index contributed by atoms with van der Waals surface area (Å²) in [6.07, 6.45) is 7.92. The summed E-state index contributed by atoms with van der Waals surface area (Å²) in [6, 6.07) is 6.48. The molecular weight excluding hydrogens is 386 g/mol. The van der Waals surface area contributed by atoms with E-state index in [9.17, 15) is 13.2 Å². The van der Waals surface area contributed by atoms with Gasteiger partial charge >= 0.3 is 0 Å². The van der Waals surface area contributed by atoms with E-state index in [0.29, 0.717) is 5.56 Å². The maximum atomic E-state index is 12.7. The average molecular weight is 420 g/mol. The van der Waals surface area contributed by atoms with E-state index in [1.807, 2.05) is 0 Å². The highest BCUT2D eigenvalue weighted by molar-refractivity contribution is 7.89. The number of rotatable bonds is 7. The van der Waals surface area contributed by atoms with Crippen molar-refractivity contribution < 1.29 is 13.2 Å². The third kappa shape index (κ3) is 6.39. The van der Waals surface area contributed by atoms with E-state index in [4.69, 9.17) is 0 Å². The Morgan fingerprint density at radius 2 is 1.79 bits per heavy atom. The van der Waals surface area contributed by atoms with Gasteiger partial charge in [0.2, 0.25) is 10.0 Å². The Labute approximate surface area is 174 Å². The fourth-order valence-electron chi connectivity index (χ4n) is 3.98. The lowest BCUT2D eigenvalue weighted by Crippen LogP contribution is -2.44. The number of amides is 1. The van der Waals surface area contributed by atoms with Gasteiger partial charge in [-0.15, -0.1) is 0 Å². The standard InChI is InChI=1S/C22H33N3O3S/c1-17(2)10-13-25-14-11-19(12-15-25)23-22(26)18-6-5-9-21(16-18)29(27,28)24-20-7-3-4-8-20/h5-6,9-10,16,19-20,24H,3-4,7-8,11-15H2,1-2H3,(H,23,26). The summed E-state index contributed by atoms with van der Waals surface area (Å²) in [5.41, 5.74) is 1.71. The number of hydrogen-bond donors (Lipinski definition) is 2. The number of piperidine rings is 1. The number of benzene rings is 1. The first-order valence-electron chi connectivity index (χ1n) is 10.6. The van der Waals surface area contributed by atoms with Crippen LogP contribution in [0.4, 0.5) is 0 Å². The second-order valence-electron chi connectivity index (χ2n) is 8.46. The summed E-state index contributed by atoms with van der Waals surface area (Å²) in [4.78, 5) is 15.2. The number of likely N-dealkylation sites (tertiary alicyclic amines) is 1. The SMILES string of the molecule is CC(C)=CCN1CCC(NC(=O)c2cccc(S(=O)(=O)NC3CCCC3)c2)CC1. The summed E-state index contributed by atoms with van der Waals surface area (Å²) in [7, 11) is -3.60. The first-order valence-corrected chi connectivity index (χ1v) is 12.1. The van der Waals surface area contributed by atoms with Gasteiger partial charge in [-0.2, -0.15) is 0 Å². The molecule has 29 heavy (non-hydrogen) atoms. The van der Waals surface area contributed by atoms with Crippen molar-refractivity contribution in [2.45, 2.75) is 69.4 Å². The van der Waals surface area contributed by atoms with Crippen LogP contribution in [0.2, 0.25) is 0 Å². The van der Waals surface area contributed by atoms with Crippen LogP contribution in [-0.2, 0) is 10.0 Å². The number of hydrogen-bond acceptors (Lipinski definition) is 4. The van der Waals surface area contributed by atoms with Gasteiger partial charge in [0.05, 0.1) is 4.90 Å². The van der Waals surface area contributed by atoms with E-state index >= 15 is 0 Å². The monoisotopic (exact) mass is 419 g/mol. The van der Waals surface area contributed by atoms with Crippen molar-refractivity contribution in [2.24, 2.45) is 0 Å². The number of nitrogens with zero attached hydrogens (tertiary/aromatic N) is 1. The number of allylic oxidation sites excluding steroid dienone is 1. The van der Waals surface area contributed by atoms with Crippen LogP contribution in [-0.4, -0.2) is 50.9 Å². The van der Waals surface area contributed by atoms with E-state index in [2.05, 4.69) is 34.9 Å². The van der Waals surface area contributed by atoms with Gasteiger partial charge < -0.3 is 5.32 Å². The molecule has 0 atom stereocenters. The molecular formula is C22H33N3O3S. The molecule has 1 aromatic rings. The van der Waals surface area contributed by atoms with Crippen LogP contribution >= 0.6 is 0 Å². The molecule has 1 saturated heterocycles. The summed E-state index contributed by atoms with van der Waals surface area (Å²) >= 11 is 0. The largest absolute Gasteiger partial charge is 0.349 e. The number of sulfonamides is 1. The van der Waals surface area contributed by atoms with Crippen LogP contribution in [0, 0.1) is 0 Å². The lowest BCUT2D eigenvalue weighted by molar-refractivity contribution is 0.0914. The van der Waals surface area contributed by atoms with Crippen LogP contribution in [0.1, 0.15) is 62.7 Å². The maximum absolute atomic E-state index is 12.7. The predicted octanol–water partition coefficient (Wildman–Crippen LogP) is 3.07. The van der Waals surface area contributed by atoms with Gasteiger partial charge in [-0.3, -0.25) is 9.69 Å². The van der Waals surface area contributed by atoms with Gasteiger partial charge in [-0.1, -0.05) is 30.6 Å². The van der Waals surface area contributed by atoms with E-state index in [0.717, 1.165) is 58.2 Å². The highest BCUT2D eigenvalue weighted by Crippen LogP contribution is 2.21. The Morgan fingerprint density at radius 3 is 2.45 bits per heavy atom. The fourth-order valence-corrected chi connectivity index (χ4v) is 5.33. The van der Waals surface area contributed by atoms with Crippen molar-refractivity contribution in [1.82, 2.24) is 14.9 Å². The Balaban J connectivity index is 1.56. The molecule has 3 rings (SSSR count). The third-order valence-electron chi connectivity index (χ3n) is 5.76. The molecule has 7 heteroatoms. The van der Waals surface area contributed by atoms with Crippen LogP contribution in [0.15, 0.2) is 40.8 Å². The zero-order valence-corrected chi connectivity index (χ0v) is 18.3. The highest BCUT2D eigenvalue weighted by Gasteiger charge is 2.24. The van der Waals surface area contributed by atoms with Crippen molar-refractivity contribution in [3.8, 4) is 0 Å². The molecule has 0 bridgehead atoms. The van der Waals surface area contributed by atoms with Crippen LogP contribution < -0.4 is 10.0 Å². The Bertz CT molecular complexity index is 833. The third-order valence-corrected chi connectivity index (χ3v) is 7.28. The minimum atomic E-state index is -3.60. The molecule has 1 aliphatic heterocycles. The Hall–Kier alpha value is -1.70. The van der Waals surface area contributed by atoms with E-state index in [1.54, 1.807) is 18.2 Å². The maximum Gasteiger partial charge on any atom is 0.251 e. The topological polar surface area (TPSA) is 78.5 Å². The van der Waals surface area contributed by atoms with Crippen LogP contribution in [0.5, 0.6) is 0 Å². The van der Waals surface area contributed by atoms with E-state index < -0.39 is 10.0 Å². The second-order valence-corrected chi connectivity index (χ2v) is 10.2. The molecule has 2 N–H and O–H groups in total. The molecule has 0 spiro atoms. The minimum absolute atomic E-state index is 0.00834. The van der Waals surface area contributed by atoms with E-state index in [-0.39, 0.29) is 22.9 Å². The zero-order valence-electron chi connectivity index (χ0n) is 17.5. The molecule has 1 amide bonds. The van der Waals surface area contributed by atoms with E-state index in [1.165, 1.54) is 11.6 Å². The van der Waals surface area contributed by atoms with Gasteiger partial charge in [0.25, 0.3) is 5.91 Å². The molecule has 1 aliphatic carbocycles. The predicted molar refractivity (Wildman–Crippen MR) is 115 cm³/mol. The molecule has 0 unspecified atom stereocenters. The molecule has 160 valence electrons. The van der Waals surface area contributed by atoms with Crippen molar-refractivity contribution in [2.75, 3.05) is 19.6 Å². The van der Waals surface area contributed by atoms with Gasteiger partial charge in [0, 0.05) is 37.3 Å². The van der Waals surface area contributed by atoms with Crippen LogP contribution in [0.25, 0.3) is 0 Å².